The molecule has 31 heavy (non-hydrogen) atoms. The number of carbonyl (C=O) groups is 1. The summed E-state index contributed by atoms with van der Waals surface area (Å²) in [4.78, 5) is 25.3. The Bertz CT molecular complexity index is 1220. The highest BCUT2D eigenvalue weighted by Gasteiger charge is 2.26. The van der Waals surface area contributed by atoms with E-state index in [1.165, 1.54) is 24.7 Å². The lowest BCUT2D eigenvalue weighted by Crippen LogP contribution is -2.29. The molecule has 1 unspecified atom stereocenters. The van der Waals surface area contributed by atoms with Crippen molar-refractivity contribution in [1.82, 2.24) is 14.9 Å². The van der Waals surface area contributed by atoms with Crippen LogP contribution in [0.2, 0.25) is 0 Å². The molecule has 0 spiro atoms. The molecule has 10 heteroatoms. The molecule has 0 bridgehead atoms. The molecule has 3 rings (SSSR count). The molecule has 0 aliphatic carbocycles. The van der Waals surface area contributed by atoms with Crippen LogP contribution in [0.15, 0.2) is 29.2 Å². The Hall–Kier alpha value is -2.56. The maximum absolute atomic E-state index is 13.3. The van der Waals surface area contributed by atoms with E-state index in [0.29, 0.717) is 26.8 Å². The molecule has 0 radical (unpaired) electrons. The Kier molecular flexibility index (Phi) is 6.63. The van der Waals surface area contributed by atoms with Gasteiger partial charge in [0.25, 0.3) is 5.91 Å². The molecule has 1 atom stereocenters. The topological polar surface area (TPSA) is 98.7 Å². The quantitative estimate of drug-likeness (QED) is 0.530. The lowest BCUT2D eigenvalue weighted by molar-refractivity contribution is 0.0747. The zero-order valence-corrected chi connectivity index (χ0v) is 19.9. The summed E-state index contributed by atoms with van der Waals surface area (Å²) in [5.41, 5.74) is 1.60. The summed E-state index contributed by atoms with van der Waals surface area (Å²) in [5.74, 6) is 0.743. The number of amides is 1. The molecular formula is C21H25N3O5S2. The smallest absolute Gasteiger partial charge is 0.264 e. The van der Waals surface area contributed by atoms with Crippen molar-refractivity contribution < 1.29 is 22.7 Å². The lowest BCUT2D eigenvalue weighted by atomic mass is 10.1. The van der Waals surface area contributed by atoms with Gasteiger partial charge in [0, 0.05) is 20.4 Å². The number of ether oxygens (including phenoxy) is 2. The first-order chi connectivity index (χ1) is 14.6. The predicted molar refractivity (Wildman–Crippen MR) is 119 cm³/mol. The second-order valence-electron chi connectivity index (χ2n) is 7.25. The van der Waals surface area contributed by atoms with Crippen molar-refractivity contribution >= 4 is 37.3 Å². The van der Waals surface area contributed by atoms with Gasteiger partial charge in [0.2, 0.25) is 5.88 Å². The van der Waals surface area contributed by atoms with Crippen LogP contribution >= 0.6 is 11.3 Å². The maximum atomic E-state index is 13.3. The summed E-state index contributed by atoms with van der Waals surface area (Å²) >= 11 is 1.29. The number of rotatable bonds is 7. The average Bonchev–Trinajstić information content (AvgIpc) is 3.07. The van der Waals surface area contributed by atoms with Gasteiger partial charge in [-0.15, -0.1) is 11.3 Å². The van der Waals surface area contributed by atoms with Crippen LogP contribution in [0.1, 0.15) is 39.6 Å². The molecule has 0 fully saturated rings. The third-order valence-electron chi connectivity index (χ3n) is 5.16. The first kappa shape index (κ1) is 23.1. The number of sulfone groups is 1. The summed E-state index contributed by atoms with van der Waals surface area (Å²) < 4.78 is 33.9. The van der Waals surface area contributed by atoms with Gasteiger partial charge >= 0.3 is 0 Å². The van der Waals surface area contributed by atoms with E-state index in [-0.39, 0.29) is 23.5 Å². The molecular weight excluding hydrogens is 438 g/mol. The van der Waals surface area contributed by atoms with E-state index < -0.39 is 9.84 Å². The minimum Gasteiger partial charge on any atom is -0.480 e. The molecule has 0 N–H and O–H groups in total. The van der Waals surface area contributed by atoms with E-state index in [9.17, 15) is 13.2 Å². The SMILES string of the molecule is COCc1nc(OC)c2c(C)c(C(=O)N(C)C(C)c3ccc(S(C)(=O)=O)cc3)sc2n1. The summed E-state index contributed by atoms with van der Waals surface area (Å²) in [6.07, 6.45) is 1.17. The van der Waals surface area contributed by atoms with Crippen LogP contribution in [0.4, 0.5) is 0 Å². The predicted octanol–water partition coefficient (Wildman–Crippen LogP) is 3.39. The van der Waals surface area contributed by atoms with Crippen molar-refractivity contribution in [3.63, 3.8) is 0 Å². The van der Waals surface area contributed by atoms with Crippen LogP contribution in [-0.2, 0) is 21.2 Å². The fourth-order valence-electron chi connectivity index (χ4n) is 3.24. The minimum absolute atomic E-state index is 0.157. The van der Waals surface area contributed by atoms with Gasteiger partial charge in [-0.2, -0.15) is 4.98 Å². The van der Waals surface area contributed by atoms with Crippen LogP contribution in [0, 0.1) is 6.92 Å². The highest BCUT2D eigenvalue weighted by molar-refractivity contribution is 7.90. The van der Waals surface area contributed by atoms with Gasteiger partial charge in [-0.1, -0.05) is 12.1 Å². The molecule has 0 saturated carbocycles. The first-order valence-electron chi connectivity index (χ1n) is 9.48. The molecule has 0 aliphatic rings. The number of aromatic nitrogens is 2. The standard InChI is InChI=1S/C21H25N3O5S2/c1-12-17-19(29-5)22-16(11-28-4)23-20(17)30-18(12)21(25)24(3)13(2)14-7-9-15(10-8-14)31(6,26)27/h7-10,13H,11H2,1-6H3. The third-order valence-corrected chi connectivity index (χ3v) is 7.46. The summed E-state index contributed by atoms with van der Waals surface area (Å²) in [5, 5.41) is 0.717. The van der Waals surface area contributed by atoms with Gasteiger partial charge < -0.3 is 14.4 Å². The first-order valence-corrected chi connectivity index (χ1v) is 12.2. The van der Waals surface area contributed by atoms with Crippen molar-refractivity contribution in [3.8, 4) is 5.88 Å². The van der Waals surface area contributed by atoms with Crippen LogP contribution in [0.25, 0.3) is 10.2 Å². The Balaban J connectivity index is 1.95. The number of benzene rings is 1. The molecule has 2 aromatic heterocycles. The average molecular weight is 464 g/mol. The van der Waals surface area contributed by atoms with Crippen molar-refractivity contribution in [1.29, 1.82) is 0 Å². The lowest BCUT2D eigenvalue weighted by Gasteiger charge is -2.25. The van der Waals surface area contributed by atoms with Gasteiger partial charge in [0.05, 0.1) is 28.3 Å². The second kappa shape index (κ2) is 8.89. The summed E-state index contributed by atoms with van der Waals surface area (Å²) in [7, 11) is 1.55. The molecule has 8 nitrogen and oxygen atoms in total. The van der Waals surface area contributed by atoms with Crippen LogP contribution in [0.5, 0.6) is 5.88 Å². The minimum atomic E-state index is -3.27. The highest BCUT2D eigenvalue weighted by atomic mass is 32.2. The number of carbonyl (C=O) groups excluding carboxylic acids is 1. The van der Waals surface area contributed by atoms with E-state index in [1.807, 2.05) is 13.8 Å². The Morgan fingerprint density at radius 2 is 1.84 bits per heavy atom. The third kappa shape index (κ3) is 4.56. The second-order valence-corrected chi connectivity index (χ2v) is 10.3. The number of thiophene rings is 1. The Morgan fingerprint density at radius 3 is 2.39 bits per heavy atom. The van der Waals surface area contributed by atoms with E-state index in [0.717, 1.165) is 11.1 Å². The molecule has 0 aliphatic heterocycles. The summed E-state index contributed by atoms with van der Waals surface area (Å²) in [6.45, 7) is 3.99. The molecule has 166 valence electrons. The van der Waals surface area contributed by atoms with Gasteiger partial charge in [0.15, 0.2) is 15.7 Å². The fourth-order valence-corrected chi connectivity index (χ4v) is 5.05. The van der Waals surface area contributed by atoms with E-state index in [4.69, 9.17) is 9.47 Å². The summed E-state index contributed by atoms with van der Waals surface area (Å²) in [6, 6.07) is 6.31. The van der Waals surface area contributed by atoms with Crippen LogP contribution in [-0.4, -0.2) is 56.7 Å². The number of methoxy groups -OCH3 is 2. The largest absolute Gasteiger partial charge is 0.480 e. The Labute approximate surface area is 185 Å². The van der Waals surface area contributed by atoms with Crippen LogP contribution < -0.4 is 4.74 Å². The number of fused-ring (bicyclic) bond motifs is 1. The van der Waals surface area contributed by atoms with Gasteiger partial charge in [-0.25, -0.2) is 13.4 Å². The zero-order chi connectivity index (χ0) is 22.9. The molecule has 0 saturated heterocycles. The van der Waals surface area contributed by atoms with Gasteiger partial charge in [-0.3, -0.25) is 4.79 Å². The van der Waals surface area contributed by atoms with Crippen molar-refractivity contribution in [2.24, 2.45) is 0 Å². The molecule has 2 heterocycles. The number of aryl methyl sites for hydroxylation is 1. The van der Waals surface area contributed by atoms with Gasteiger partial charge in [0.1, 0.15) is 11.4 Å². The number of hydrogen-bond acceptors (Lipinski definition) is 8. The van der Waals surface area contributed by atoms with E-state index in [2.05, 4.69) is 9.97 Å². The Morgan fingerprint density at radius 1 is 1.19 bits per heavy atom. The van der Waals surface area contributed by atoms with Crippen molar-refractivity contribution in [2.45, 2.75) is 31.4 Å². The van der Waals surface area contributed by atoms with E-state index >= 15 is 0 Å². The number of nitrogens with zero attached hydrogens (tertiary/aromatic N) is 3. The highest BCUT2D eigenvalue weighted by Crippen LogP contribution is 2.36. The van der Waals surface area contributed by atoms with Crippen molar-refractivity contribution in [2.75, 3.05) is 27.5 Å². The zero-order valence-electron chi connectivity index (χ0n) is 18.3. The molecule has 1 amide bonds. The molecule has 3 aromatic rings. The number of hydrogen-bond donors (Lipinski definition) is 0. The van der Waals surface area contributed by atoms with Crippen molar-refractivity contribution in [3.05, 3.63) is 46.1 Å². The normalized spacial score (nSPS) is 12.7. The van der Waals surface area contributed by atoms with E-state index in [1.54, 1.807) is 43.3 Å². The molecule has 1 aromatic carbocycles. The van der Waals surface area contributed by atoms with Gasteiger partial charge in [-0.05, 0) is 37.1 Å². The monoisotopic (exact) mass is 463 g/mol. The fraction of sp³-hybridized carbons (Fsp3) is 0.381. The van der Waals surface area contributed by atoms with Crippen LogP contribution in [0.3, 0.4) is 0 Å². The maximum Gasteiger partial charge on any atom is 0.264 e.